The number of aliphatic hydroxyl groups is 25. The number of carbonyl (C=O) groups excluding carboxylic acids is 4. The smallest absolute Gasteiger partial charge is 0.364 e. The molecule has 0 radical (unpaired) electrons. The van der Waals surface area contributed by atoms with Crippen molar-refractivity contribution in [1.82, 2.24) is 21.3 Å². The van der Waals surface area contributed by atoms with Crippen molar-refractivity contribution >= 4 is 35.6 Å². The maximum absolute atomic E-state index is 14.6. The summed E-state index contributed by atoms with van der Waals surface area (Å²) in [6.07, 6.45) is -59.8. The van der Waals surface area contributed by atoms with E-state index in [1.807, 2.05) is 0 Å². The molecule has 53 heteroatoms. The van der Waals surface area contributed by atoms with E-state index in [1.54, 1.807) is 6.08 Å². The summed E-state index contributed by atoms with van der Waals surface area (Å²) >= 11 is 0. The van der Waals surface area contributed by atoms with E-state index in [2.05, 4.69) is 35.1 Å². The molecule has 0 bridgehead atoms. The van der Waals surface area contributed by atoms with Crippen molar-refractivity contribution in [1.29, 1.82) is 0 Å². The molecule has 8 heterocycles. The normalized spacial score (nSPS) is 38.3. The van der Waals surface area contributed by atoms with Crippen LogP contribution in [0.4, 0.5) is 0 Å². The molecule has 0 aromatic rings. The first kappa shape index (κ1) is 127. The fraction of sp³-hybridized carbons (Fsp3) is 0.915. The standard InChI is InChI=1S/C94H164N4O49/c1-6-8-10-12-14-16-18-20-22-24-26-28-30-32-49(110)48(98-60(114)33-31-29-27-25-23-21-19-17-15-13-11-9-7-2)44-132-86-73(124)71(122)77(58(42-105)137-86)139-90-76(127)84(147-94(92(130)131)35-51(112)62(96-46(4)108)81(146-94)69(120)57(41-104)144-93(91(128)129)34-50(111)61(95-45(3)107)80(145-93)64(115)52(113)36-99)78(59(43-106)138-90)140-85-63(97-47(5)109)79(66(117)54(38-101)133-85)141-88-74(125)83(68(119)55(39-102)135-88)143-89-75(126)82(67(118)56(40-103)136-89)142-87-72(123)70(121)65(116)53(37-100)134-87/h30,32,48-59,61-90,99-106,110-113,115-127H,6-29,31,33-44H2,1-5H3,(H,95,107)(H,96,108)(H,97,109)(H,98,114)(H,128,129)(H,130,131)/b32-30+/t48-,49+,50?,51?,52+,53?,54?,55?,56?,57+,58?,59?,61+,62+,63?,64+,65-,66-,67-,68-,69+,70-,71+,72?,73?,74?,75?,76?,77+,78-,79+,80?,81?,82-,83-,84+,85-,86+,87+,88-,89+,90-,93+,94-/m0/s1. The molecule has 44 atom stereocenters. The van der Waals surface area contributed by atoms with E-state index in [0.717, 1.165) is 104 Å². The van der Waals surface area contributed by atoms with Crippen LogP contribution in [0, 0.1) is 0 Å². The van der Waals surface area contributed by atoms with Crippen LogP contribution < -0.4 is 21.3 Å². The van der Waals surface area contributed by atoms with Crippen LogP contribution in [0.15, 0.2) is 12.2 Å². The molecule has 31 N–H and O–H groups in total. The number of carbonyl (C=O) groups is 6. The molecule has 854 valence electrons. The number of aliphatic hydroxyl groups excluding tert-OH is 25. The van der Waals surface area contributed by atoms with Crippen LogP contribution in [-0.4, -0.2) is 502 Å². The number of carboxylic acids is 2. The lowest BCUT2D eigenvalue weighted by Crippen LogP contribution is -2.73. The highest BCUT2D eigenvalue weighted by molar-refractivity contribution is 5.78. The number of nitrogens with one attached hydrogen (secondary N) is 4. The largest absolute Gasteiger partial charge is 0.477 e. The van der Waals surface area contributed by atoms with Crippen LogP contribution in [0.5, 0.6) is 0 Å². The van der Waals surface area contributed by atoms with Crippen LogP contribution in [0.1, 0.15) is 214 Å². The zero-order valence-electron chi connectivity index (χ0n) is 83.6. The van der Waals surface area contributed by atoms with Crippen LogP contribution in [0.25, 0.3) is 0 Å². The van der Waals surface area contributed by atoms with Gasteiger partial charge in [0.2, 0.25) is 23.6 Å². The second kappa shape index (κ2) is 62.6. The minimum absolute atomic E-state index is 0.0496. The van der Waals surface area contributed by atoms with Crippen molar-refractivity contribution in [3.05, 3.63) is 12.2 Å². The van der Waals surface area contributed by atoms with Gasteiger partial charge in [-0.15, -0.1) is 0 Å². The third-order valence-electron chi connectivity index (χ3n) is 27.8. The van der Waals surface area contributed by atoms with Crippen molar-refractivity contribution in [2.45, 2.75) is 483 Å². The molecule has 147 heavy (non-hydrogen) atoms. The number of hydrogen-bond donors (Lipinski definition) is 31. The van der Waals surface area contributed by atoms with E-state index in [1.165, 1.54) is 70.3 Å². The van der Waals surface area contributed by atoms with Crippen LogP contribution in [0.2, 0.25) is 0 Å². The number of amides is 4. The maximum atomic E-state index is 14.6. The van der Waals surface area contributed by atoms with Gasteiger partial charge in [0.15, 0.2) is 37.7 Å². The lowest BCUT2D eigenvalue weighted by molar-refractivity contribution is -0.406. The summed E-state index contributed by atoms with van der Waals surface area (Å²) < 4.78 is 95.8. The molecule has 8 fully saturated rings. The molecule has 16 unspecified atom stereocenters. The third-order valence-corrected chi connectivity index (χ3v) is 27.8. The zero-order chi connectivity index (χ0) is 108. The minimum Gasteiger partial charge on any atom is -0.477 e. The molecule has 0 spiro atoms. The summed E-state index contributed by atoms with van der Waals surface area (Å²) in [5.41, 5.74) is 0. The number of aliphatic carboxylic acids is 2. The Morgan fingerprint density at radius 3 is 1.18 bits per heavy atom. The van der Waals surface area contributed by atoms with Gasteiger partial charge in [-0.05, 0) is 19.3 Å². The predicted molar refractivity (Wildman–Crippen MR) is 496 cm³/mol. The fourth-order valence-corrected chi connectivity index (χ4v) is 19.5. The van der Waals surface area contributed by atoms with E-state index in [9.17, 15) is 167 Å². The summed E-state index contributed by atoms with van der Waals surface area (Å²) in [4.78, 5) is 81.4. The molecule has 8 rings (SSSR count). The van der Waals surface area contributed by atoms with Crippen molar-refractivity contribution in [3.8, 4) is 0 Å². The molecule has 4 amide bonds. The topological polar surface area (TPSA) is 844 Å². The first-order valence-electron chi connectivity index (χ1n) is 51.3. The summed E-state index contributed by atoms with van der Waals surface area (Å²) in [6.45, 7) is -3.92. The first-order valence-corrected chi connectivity index (χ1v) is 51.3. The van der Waals surface area contributed by atoms with Gasteiger partial charge in [0.25, 0.3) is 11.6 Å². The van der Waals surface area contributed by atoms with Gasteiger partial charge in [0.1, 0.15) is 183 Å². The summed E-state index contributed by atoms with van der Waals surface area (Å²) in [6, 6.07) is -7.51. The minimum atomic E-state index is -3.80. The van der Waals surface area contributed by atoms with Crippen molar-refractivity contribution in [2.24, 2.45) is 0 Å². The molecule has 0 aromatic carbocycles. The molecule has 53 nitrogen and oxygen atoms in total. The van der Waals surface area contributed by atoms with Gasteiger partial charge in [-0.1, -0.05) is 167 Å². The Morgan fingerprint density at radius 1 is 0.367 bits per heavy atom. The van der Waals surface area contributed by atoms with Crippen LogP contribution in [-0.2, 0) is 105 Å². The van der Waals surface area contributed by atoms with E-state index >= 15 is 0 Å². The number of rotatable bonds is 63. The number of allylic oxidation sites excluding steroid dienone is 1. The summed E-state index contributed by atoms with van der Waals surface area (Å²) in [5, 5.41) is 318. The van der Waals surface area contributed by atoms with Crippen molar-refractivity contribution < 1.29 is 242 Å². The van der Waals surface area contributed by atoms with Gasteiger partial charge in [-0.2, -0.15) is 0 Å². The van der Waals surface area contributed by atoms with E-state index in [-0.39, 0.29) is 6.42 Å². The highest BCUT2D eigenvalue weighted by atomic mass is 16.8. The Morgan fingerprint density at radius 2 is 0.728 bits per heavy atom. The van der Waals surface area contributed by atoms with Crippen LogP contribution >= 0.6 is 0 Å². The number of ether oxygens (including phenoxy) is 16. The monoisotopic (exact) mass is 2130 g/mol. The lowest BCUT2D eigenvalue weighted by atomic mass is 9.87. The lowest BCUT2D eigenvalue weighted by Gasteiger charge is -2.53. The Bertz CT molecular complexity index is 3850. The Hall–Kier alpha value is -5.08. The van der Waals surface area contributed by atoms with Crippen LogP contribution in [0.3, 0.4) is 0 Å². The van der Waals surface area contributed by atoms with E-state index in [4.69, 9.17) is 75.8 Å². The maximum Gasteiger partial charge on any atom is 0.364 e. The highest BCUT2D eigenvalue weighted by Crippen LogP contribution is 2.45. The highest BCUT2D eigenvalue weighted by Gasteiger charge is 2.65. The third kappa shape index (κ3) is 34.7. The Kier molecular flexibility index (Phi) is 54.1. The van der Waals surface area contributed by atoms with Gasteiger partial charge in [-0.25, -0.2) is 9.59 Å². The molecule has 8 aliphatic rings. The summed E-state index contributed by atoms with van der Waals surface area (Å²) in [5.74, 6) is -15.5. The molecule has 0 aliphatic carbocycles. The van der Waals surface area contributed by atoms with Gasteiger partial charge >= 0.3 is 11.9 Å². The fourth-order valence-electron chi connectivity index (χ4n) is 19.5. The SMILES string of the molecule is CCCCCCCCCCCCC/C=C/[C@@H](O)[C@H](CO[C@@H]1OC(CO)[C@@H](O[C@@H]2OC(CO)[C@H](O[C@@H]3OC(CO)[C@H](O)[C@H](O[C@@H]4OC(CO)[C@H](O)[C@H](O[C@H]5OC(CO)[C@H](O)[C@H](O[C@H]6OC(CO)[C@H](O)[C@H](O)C6O)C5O)C4O)C3NC(C)=O)[C@H](O[C@]3(C(=O)O)CC(O)[C@@H](NC(C)=O)C([C@H](O)[C@@H](CO)O[C@]4(C(=O)O)CC(O)[C@@H](NC(C)=O)C([C@H](O)[C@H](O)CO)O4)O3)C2O)[C@H](O)C1O)NC(=O)CCCCCCCCCCCCCCC. The molecular weight excluding hydrogens is 1970 g/mol. The Labute approximate surface area is 850 Å². The quantitative estimate of drug-likeness (QED) is 0.0199. The predicted octanol–water partition coefficient (Wildman–Crippen LogP) is -9.00. The average Bonchev–Trinajstić information content (AvgIpc) is 0.741. The second-order valence-electron chi connectivity index (χ2n) is 39.2. The van der Waals surface area contributed by atoms with Gasteiger partial charge < -0.3 is 235 Å². The van der Waals surface area contributed by atoms with Gasteiger partial charge in [-0.3, -0.25) is 19.2 Å². The van der Waals surface area contributed by atoms with E-state index < -0.39 is 377 Å². The van der Waals surface area contributed by atoms with Crippen molar-refractivity contribution in [3.63, 3.8) is 0 Å². The number of carboxylic acid groups (broad SMARTS) is 2. The van der Waals surface area contributed by atoms with Gasteiger partial charge in [0.05, 0.1) is 95.9 Å². The van der Waals surface area contributed by atoms with Crippen molar-refractivity contribution in [2.75, 3.05) is 59.5 Å². The average molecular weight is 2130 g/mol. The molecule has 0 aromatic heterocycles. The second-order valence-corrected chi connectivity index (χ2v) is 39.2. The molecule has 0 saturated carbocycles. The zero-order valence-corrected chi connectivity index (χ0v) is 83.6. The number of unbranched alkanes of at least 4 members (excludes halogenated alkanes) is 23. The van der Waals surface area contributed by atoms with Gasteiger partial charge in [0, 0.05) is 40.0 Å². The molecule has 8 saturated heterocycles. The Balaban J connectivity index is 1.13. The molecule has 8 aliphatic heterocycles. The number of hydrogen-bond acceptors (Lipinski definition) is 47. The van der Waals surface area contributed by atoms with E-state index in [0.29, 0.717) is 12.8 Å². The molecular formula is C94H164N4O49. The summed E-state index contributed by atoms with van der Waals surface area (Å²) in [7, 11) is 0. The first-order chi connectivity index (χ1) is 70.0.